The summed E-state index contributed by atoms with van der Waals surface area (Å²) < 4.78 is 4.69. The number of methoxy groups -OCH3 is 1. The van der Waals surface area contributed by atoms with Gasteiger partial charge < -0.3 is 15.8 Å². The van der Waals surface area contributed by atoms with E-state index in [0.717, 1.165) is 6.42 Å². The summed E-state index contributed by atoms with van der Waals surface area (Å²) in [6.07, 6.45) is 2.36. The van der Waals surface area contributed by atoms with Crippen LogP contribution in [0.3, 0.4) is 0 Å². The summed E-state index contributed by atoms with van der Waals surface area (Å²) in [5, 5.41) is 7.43. The SMILES string of the molecule is COC(=O)c1cc(NC(C)Cc2ccsc2)ncc1N. The van der Waals surface area contributed by atoms with Gasteiger partial charge in [-0.3, -0.25) is 0 Å². The highest BCUT2D eigenvalue weighted by molar-refractivity contribution is 7.07. The quantitative estimate of drug-likeness (QED) is 0.828. The second-order valence-corrected chi connectivity index (χ2v) is 5.31. The van der Waals surface area contributed by atoms with Gasteiger partial charge in [-0.1, -0.05) is 0 Å². The standard InChI is InChI=1S/C14H17N3O2S/c1-9(5-10-3-4-20-8-10)17-13-6-11(14(18)19-2)12(15)7-16-13/h3-4,6-9H,5,15H2,1-2H3,(H,16,17). The number of pyridine rings is 1. The Hall–Kier alpha value is -2.08. The third-order valence-corrected chi connectivity index (χ3v) is 3.59. The van der Waals surface area contributed by atoms with Gasteiger partial charge in [0, 0.05) is 6.04 Å². The molecule has 2 aromatic rings. The Bertz CT molecular complexity index is 584. The van der Waals surface area contributed by atoms with E-state index < -0.39 is 5.97 Å². The van der Waals surface area contributed by atoms with E-state index in [-0.39, 0.29) is 6.04 Å². The molecule has 3 N–H and O–H groups in total. The average molecular weight is 291 g/mol. The fourth-order valence-electron chi connectivity index (χ4n) is 1.90. The van der Waals surface area contributed by atoms with Crippen LogP contribution in [0.2, 0.25) is 0 Å². The lowest BCUT2D eigenvalue weighted by atomic mass is 10.1. The molecule has 6 heteroatoms. The number of nitrogen functional groups attached to an aromatic ring is 1. The van der Waals surface area contributed by atoms with E-state index >= 15 is 0 Å². The maximum absolute atomic E-state index is 11.6. The Morgan fingerprint density at radius 2 is 2.40 bits per heavy atom. The molecule has 0 fully saturated rings. The summed E-state index contributed by atoms with van der Waals surface area (Å²) >= 11 is 1.68. The van der Waals surface area contributed by atoms with Crippen molar-refractivity contribution in [2.24, 2.45) is 0 Å². The van der Waals surface area contributed by atoms with Gasteiger partial charge in [-0.15, -0.1) is 0 Å². The summed E-state index contributed by atoms with van der Waals surface area (Å²) in [6, 6.07) is 3.91. The lowest BCUT2D eigenvalue weighted by molar-refractivity contribution is 0.0602. The average Bonchev–Trinajstić information content (AvgIpc) is 2.92. The Labute approximate surface area is 121 Å². The predicted octanol–water partition coefficient (Wildman–Crippen LogP) is 2.55. The smallest absolute Gasteiger partial charge is 0.340 e. The Morgan fingerprint density at radius 1 is 1.60 bits per heavy atom. The van der Waals surface area contributed by atoms with Crippen molar-refractivity contribution in [2.45, 2.75) is 19.4 Å². The van der Waals surface area contributed by atoms with Crippen molar-refractivity contribution in [2.75, 3.05) is 18.2 Å². The van der Waals surface area contributed by atoms with Gasteiger partial charge in [0.25, 0.3) is 0 Å². The van der Waals surface area contributed by atoms with Crippen LogP contribution >= 0.6 is 11.3 Å². The number of nitrogens with one attached hydrogen (secondary N) is 1. The van der Waals surface area contributed by atoms with Crippen LogP contribution in [0.4, 0.5) is 11.5 Å². The summed E-state index contributed by atoms with van der Waals surface area (Å²) in [6.45, 7) is 2.06. The second-order valence-electron chi connectivity index (χ2n) is 4.53. The molecule has 1 unspecified atom stereocenters. The molecule has 2 rings (SSSR count). The molecule has 1 atom stereocenters. The van der Waals surface area contributed by atoms with Crippen molar-refractivity contribution in [1.82, 2.24) is 4.98 Å². The zero-order valence-corrected chi connectivity index (χ0v) is 12.2. The minimum atomic E-state index is -0.460. The Balaban J connectivity index is 2.07. The number of nitrogens with two attached hydrogens (primary N) is 1. The number of nitrogens with zero attached hydrogens (tertiary/aromatic N) is 1. The van der Waals surface area contributed by atoms with Crippen molar-refractivity contribution in [1.29, 1.82) is 0 Å². The number of carbonyl (C=O) groups excluding carboxylic acids is 1. The fourth-order valence-corrected chi connectivity index (χ4v) is 2.58. The lowest BCUT2D eigenvalue weighted by Gasteiger charge is -2.14. The largest absolute Gasteiger partial charge is 0.465 e. The molecule has 20 heavy (non-hydrogen) atoms. The van der Waals surface area contributed by atoms with Crippen molar-refractivity contribution in [3.8, 4) is 0 Å². The molecule has 2 heterocycles. The third-order valence-electron chi connectivity index (χ3n) is 2.86. The summed E-state index contributed by atoms with van der Waals surface area (Å²) in [5.41, 5.74) is 7.63. The number of ether oxygens (including phenoxy) is 1. The molecule has 0 saturated heterocycles. The van der Waals surface area contributed by atoms with Gasteiger partial charge in [0.2, 0.25) is 0 Å². The molecule has 0 aliphatic rings. The van der Waals surface area contributed by atoms with Crippen LogP contribution in [-0.4, -0.2) is 24.1 Å². The van der Waals surface area contributed by atoms with Crippen LogP contribution < -0.4 is 11.1 Å². The van der Waals surface area contributed by atoms with Crippen molar-refractivity contribution in [3.05, 3.63) is 40.2 Å². The highest BCUT2D eigenvalue weighted by atomic mass is 32.1. The van der Waals surface area contributed by atoms with E-state index in [1.165, 1.54) is 18.9 Å². The van der Waals surface area contributed by atoms with E-state index in [4.69, 9.17) is 5.73 Å². The molecule has 0 saturated carbocycles. The minimum Gasteiger partial charge on any atom is -0.465 e. The topological polar surface area (TPSA) is 77.2 Å². The van der Waals surface area contributed by atoms with Crippen molar-refractivity contribution >= 4 is 28.8 Å². The molecular formula is C14H17N3O2S. The van der Waals surface area contributed by atoms with Crippen LogP contribution in [0.25, 0.3) is 0 Å². The first-order valence-electron chi connectivity index (χ1n) is 6.21. The molecule has 5 nitrogen and oxygen atoms in total. The number of hydrogen-bond acceptors (Lipinski definition) is 6. The van der Waals surface area contributed by atoms with Crippen LogP contribution in [0.1, 0.15) is 22.8 Å². The maximum atomic E-state index is 11.6. The highest BCUT2D eigenvalue weighted by Crippen LogP contribution is 2.17. The van der Waals surface area contributed by atoms with Gasteiger partial charge in [-0.25, -0.2) is 9.78 Å². The van der Waals surface area contributed by atoms with Crippen LogP contribution in [0.5, 0.6) is 0 Å². The summed E-state index contributed by atoms with van der Waals surface area (Å²) in [7, 11) is 1.33. The van der Waals surface area contributed by atoms with Gasteiger partial charge in [-0.2, -0.15) is 11.3 Å². The summed E-state index contributed by atoms with van der Waals surface area (Å²) in [4.78, 5) is 15.8. The molecule has 106 valence electrons. The molecule has 0 radical (unpaired) electrons. The van der Waals surface area contributed by atoms with E-state index in [9.17, 15) is 4.79 Å². The number of thiophene rings is 1. The van der Waals surface area contributed by atoms with Gasteiger partial charge in [-0.05, 0) is 41.8 Å². The van der Waals surface area contributed by atoms with Crippen LogP contribution in [-0.2, 0) is 11.2 Å². The Kier molecular flexibility index (Phi) is 4.57. The second kappa shape index (κ2) is 6.38. The molecule has 0 aromatic carbocycles. The first-order valence-corrected chi connectivity index (χ1v) is 7.16. The van der Waals surface area contributed by atoms with Crippen molar-refractivity contribution < 1.29 is 9.53 Å². The van der Waals surface area contributed by atoms with Gasteiger partial charge >= 0.3 is 5.97 Å². The first-order chi connectivity index (χ1) is 9.60. The Morgan fingerprint density at radius 3 is 3.05 bits per heavy atom. The number of aromatic nitrogens is 1. The molecule has 2 aromatic heterocycles. The van der Waals surface area contributed by atoms with E-state index in [2.05, 4.69) is 38.8 Å². The number of rotatable bonds is 5. The molecule has 0 spiro atoms. The number of hydrogen-bond donors (Lipinski definition) is 2. The van der Waals surface area contributed by atoms with Gasteiger partial charge in [0.1, 0.15) is 5.82 Å². The molecule has 0 bridgehead atoms. The number of esters is 1. The van der Waals surface area contributed by atoms with Crippen LogP contribution in [0.15, 0.2) is 29.1 Å². The van der Waals surface area contributed by atoms with Crippen LogP contribution in [0, 0.1) is 0 Å². The van der Waals surface area contributed by atoms with E-state index in [1.54, 1.807) is 17.4 Å². The fraction of sp³-hybridized carbons (Fsp3) is 0.286. The molecular weight excluding hydrogens is 274 g/mol. The monoisotopic (exact) mass is 291 g/mol. The minimum absolute atomic E-state index is 0.200. The van der Waals surface area contributed by atoms with Crippen molar-refractivity contribution in [3.63, 3.8) is 0 Å². The first kappa shape index (κ1) is 14.3. The van der Waals surface area contributed by atoms with Gasteiger partial charge in [0.05, 0.1) is 24.6 Å². The molecule has 0 amide bonds. The predicted molar refractivity (Wildman–Crippen MR) is 81.1 cm³/mol. The van der Waals surface area contributed by atoms with E-state index in [1.807, 2.05) is 0 Å². The lowest BCUT2D eigenvalue weighted by Crippen LogP contribution is -2.19. The summed E-state index contributed by atoms with van der Waals surface area (Å²) in [5.74, 6) is 0.153. The normalized spacial score (nSPS) is 11.9. The third kappa shape index (κ3) is 3.48. The van der Waals surface area contributed by atoms with E-state index in [0.29, 0.717) is 17.1 Å². The zero-order chi connectivity index (χ0) is 14.5. The number of carbonyl (C=O) groups is 1. The zero-order valence-electron chi connectivity index (χ0n) is 11.4. The number of anilines is 2. The maximum Gasteiger partial charge on any atom is 0.340 e. The van der Waals surface area contributed by atoms with Gasteiger partial charge in [0.15, 0.2) is 0 Å². The highest BCUT2D eigenvalue weighted by Gasteiger charge is 2.13. The molecule has 0 aliphatic heterocycles. The molecule has 0 aliphatic carbocycles.